The summed E-state index contributed by atoms with van der Waals surface area (Å²) in [5, 5.41) is 11.1. The average Bonchev–Trinajstić information content (AvgIpc) is 3.40. The second-order valence-electron chi connectivity index (χ2n) is 6.84. The number of ether oxygens (including phenoxy) is 1. The molecule has 6 heteroatoms. The van der Waals surface area contributed by atoms with E-state index in [9.17, 15) is 0 Å². The van der Waals surface area contributed by atoms with Gasteiger partial charge in [-0.3, -0.25) is 5.41 Å². The van der Waals surface area contributed by atoms with E-state index in [2.05, 4.69) is 27.4 Å². The van der Waals surface area contributed by atoms with E-state index in [1.54, 1.807) is 0 Å². The normalized spacial score (nSPS) is 13.3. The molecule has 0 atom stereocenters. The maximum atomic E-state index is 7.73. The predicted molar refractivity (Wildman–Crippen MR) is 107 cm³/mol. The van der Waals surface area contributed by atoms with Crippen molar-refractivity contribution in [2.75, 3.05) is 11.9 Å². The van der Waals surface area contributed by atoms with Gasteiger partial charge in [0.25, 0.3) is 0 Å². The number of nitrogens with one attached hydrogen (secondary N) is 3. The van der Waals surface area contributed by atoms with E-state index in [-0.39, 0.29) is 5.84 Å². The molecule has 1 aliphatic carbocycles. The van der Waals surface area contributed by atoms with Crippen LogP contribution >= 0.6 is 0 Å². The first-order chi connectivity index (χ1) is 13.2. The largest absolute Gasteiger partial charge is 0.492 e. The van der Waals surface area contributed by atoms with Crippen molar-refractivity contribution < 1.29 is 4.74 Å². The summed E-state index contributed by atoms with van der Waals surface area (Å²) in [7, 11) is 0. The summed E-state index contributed by atoms with van der Waals surface area (Å²) in [6, 6.07) is 15.7. The van der Waals surface area contributed by atoms with E-state index in [1.807, 2.05) is 42.6 Å². The minimum absolute atomic E-state index is 0.0193. The monoisotopic (exact) mass is 361 g/mol. The fourth-order valence-electron chi connectivity index (χ4n) is 2.87. The highest BCUT2D eigenvalue weighted by Gasteiger charge is 2.22. The number of nitrogens with zero attached hydrogens (tertiary/aromatic N) is 1. The van der Waals surface area contributed by atoms with Crippen LogP contribution in [0.3, 0.4) is 0 Å². The Kier molecular flexibility index (Phi) is 4.78. The van der Waals surface area contributed by atoms with Gasteiger partial charge in [0, 0.05) is 11.8 Å². The highest BCUT2D eigenvalue weighted by Crippen LogP contribution is 2.31. The van der Waals surface area contributed by atoms with Gasteiger partial charge in [-0.15, -0.1) is 0 Å². The van der Waals surface area contributed by atoms with Crippen molar-refractivity contribution >= 4 is 11.5 Å². The van der Waals surface area contributed by atoms with Gasteiger partial charge in [0.1, 0.15) is 17.4 Å². The zero-order valence-corrected chi connectivity index (χ0v) is 15.0. The highest BCUT2D eigenvalue weighted by atomic mass is 16.5. The van der Waals surface area contributed by atoms with E-state index < -0.39 is 0 Å². The van der Waals surface area contributed by atoms with Crippen LogP contribution in [-0.4, -0.2) is 22.4 Å². The molecule has 0 radical (unpaired) electrons. The SMILES string of the molecule is N=C(N)c1ccc(NCc2ncc(-c3ccccc3)[nH]2)cc1OCC1CC1. The van der Waals surface area contributed by atoms with E-state index in [4.69, 9.17) is 15.9 Å². The number of hydrogen-bond acceptors (Lipinski definition) is 4. The number of anilines is 1. The number of aromatic amines is 1. The van der Waals surface area contributed by atoms with Crippen molar-refractivity contribution in [2.24, 2.45) is 11.7 Å². The number of nitrogen functional groups attached to an aromatic ring is 1. The third-order valence-corrected chi connectivity index (χ3v) is 4.62. The number of imidazole rings is 1. The van der Waals surface area contributed by atoms with Gasteiger partial charge < -0.3 is 20.8 Å². The molecule has 0 bridgehead atoms. The molecular weight excluding hydrogens is 338 g/mol. The molecule has 0 unspecified atom stereocenters. The molecule has 1 heterocycles. The number of H-pyrrole nitrogens is 1. The van der Waals surface area contributed by atoms with E-state index in [0.29, 0.717) is 30.4 Å². The summed E-state index contributed by atoms with van der Waals surface area (Å²) in [5.41, 5.74) is 9.32. The molecule has 2 aromatic carbocycles. The Labute approximate surface area is 158 Å². The molecule has 0 aliphatic heterocycles. The Hall–Kier alpha value is -3.28. The zero-order chi connectivity index (χ0) is 18.6. The van der Waals surface area contributed by atoms with Crippen LogP contribution in [0.25, 0.3) is 11.3 Å². The summed E-state index contributed by atoms with van der Waals surface area (Å²) in [6.07, 6.45) is 4.28. The quantitative estimate of drug-likeness (QED) is 0.362. The molecular formula is C21H23N5O. The van der Waals surface area contributed by atoms with Gasteiger partial charge in [0.15, 0.2) is 0 Å². The lowest BCUT2D eigenvalue weighted by Gasteiger charge is -2.13. The number of hydrogen-bond donors (Lipinski definition) is 4. The van der Waals surface area contributed by atoms with Crippen LogP contribution in [-0.2, 0) is 6.54 Å². The van der Waals surface area contributed by atoms with Gasteiger partial charge in [-0.2, -0.15) is 0 Å². The van der Waals surface area contributed by atoms with Gasteiger partial charge in [0.05, 0.1) is 30.6 Å². The van der Waals surface area contributed by atoms with Crippen LogP contribution in [0, 0.1) is 11.3 Å². The van der Waals surface area contributed by atoms with Gasteiger partial charge in [-0.25, -0.2) is 4.98 Å². The molecule has 1 fully saturated rings. The van der Waals surface area contributed by atoms with Crippen LogP contribution in [0.4, 0.5) is 5.69 Å². The van der Waals surface area contributed by atoms with E-state index >= 15 is 0 Å². The van der Waals surface area contributed by atoms with Crippen LogP contribution in [0.15, 0.2) is 54.7 Å². The molecule has 1 saturated carbocycles. The fraction of sp³-hybridized carbons (Fsp3) is 0.238. The van der Waals surface area contributed by atoms with Crippen LogP contribution < -0.4 is 15.8 Å². The third kappa shape index (κ3) is 4.28. The highest BCUT2D eigenvalue weighted by molar-refractivity contribution is 5.98. The van der Waals surface area contributed by atoms with Gasteiger partial charge in [0.2, 0.25) is 0 Å². The fourth-order valence-corrected chi connectivity index (χ4v) is 2.87. The molecule has 0 amide bonds. The molecule has 138 valence electrons. The number of nitrogens with two attached hydrogens (primary N) is 1. The van der Waals surface area contributed by atoms with Gasteiger partial charge in [-0.1, -0.05) is 30.3 Å². The average molecular weight is 361 g/mol. The molecule has 0 saturated heterocycles. The molecule has 1 aromatic heterocycles. The first kappa shape index (κ1) is 17.1. The molecule has 4 rings (SSSR count). The Bertz CT molecular complexity index is 931. The summed E-state index contributed by atoms with van der Waals surface area (Å²) >= 11 is 0. The summed E-state index contributed by atoms with van der Waals surface area (Å²) < 4.78 is 5.89. The molecule has 3 aromatic rings. The van der Waals surface area contributed by atoms with E-state index in [1.165, 1.54) is 12.8 Å². The Morgan fingerprint density at radius 1 is 1.22 bits per heavy atom. The van der Waals surface area contributed by atoms with Crippen molar-refractivity contribution in [1.82, 2.24) is 9.97 Å². The number of rotatable bonds is 8. The van der Waals surface area contributed by atoms with Crippen molar-refractivity contribution in [2.45, 2.75) is 19.4 Å². The van der Waals surface area contributed by atoms with Crippen LogP contribution in [0.1, 0.15) is 24.2 Å². The molecule has 6 nitrogen and oxygen atoms in total. The Balaban J connectivity index is 1.44. The lowest BCUT2D eigenvalue weighted by molar-refractivity contribution is 0.299. The third-order valence-electron chi connectivity index (χ3n) is 4.62. The molecule has 1 aliphatic rings. The van der Waals surface area contributed by atoms with E-state index in [0.717, 1.165) is 22.8 Å². The topological polar surface area (TPSA) is 99.8 Å². The Morgan fingerprint density at radius 3 is 2.78 bits per heavy atom. The standard InChI is InChI=1S/C21H23N5O/c22-21(23)17-9-8-16(10-19(17)27-13-14-6-7-14)24-12-20-25-11-18(26-20)15-4-2-1-3-5-15/h1-5,8-11,14,24H,6-7,12-13H2,(H3,22,23)(H,25,26). The van der Waals surface area contributed by atoms with Crippen molar-refractivity contribution in [3.8, 4) is 17.0 Å². The lowest BCUT2D eigenvalue weighted by atomic mass is 10.1. The molecule has 27 heavy (non-hydrogen) atoms. The summed E-state index contributed by atoms with van der Waals surface area (Å²) in [4.78, 5) is 7.77. The predicted octanol–water partition coefficient (Wildman–Crippen LogP) is 3.76. The van der Waals surface area contributed by atoms with Crippen molar-refractivity contribution in [1.29, 1.82) is 5.41 Å². The minimum Gasteiger partial charge on any atom is -0.492 e. The summed E-state index contributed by atoms with van der Waals surface area (Å²) in [6.45, 7) is 1.25. The second kappa shape index (κ2) is 7.53. The Morgan fingerprint density at radius 2 is 2.04 bits per heavy atom. The zero-order valence-electron chi connectivity index (χ0n) is 15.0. The van der Waals surface area contributed by atoms with Crippen LogP contribution in [0.5, 0.6) is 5.75 Å². The number of benzene rings is 2. The second-order valence-corrected chi connectivity index (χ2v) is 6.84. The minimum atomic E-state index is 0.0193. The van der Waals surface area contributed by atoms with Crippen LogP contribution in [0.2, 0.25) is 0 Å². The maximum absolute atomic E-state index is 7.73. The first-order valence-corrected chi connectivity index (χ1v) is 9.13. The van der Waals surface area contributed by atoms with Gasteiger partial charge in [-0.05, 0) is 36.5 Å². The first-order valence-electron chi connectivity index (χ1n) is 9.13. The summed E-state index contributed by atoms with van der Waals surface area (Å²) in [5.74, 6) is 2.17. The maximum Gasteiger partial charge on any atom is 0.132 e. The molecule has 0 spiro atoms. The van der Waals surface area contributed by atoms with Crippen molar-refractivity contribution in [3.63, 3.8) is 0 Å². The lowest BCUT2D eigenvalue weighted by Crippen LogP contribution is -2.14. The number of amidine groups is 1. The number of aromatic nitrogens is 2. The molecule has 5 N–H and O–H groups in total. The smallest absolute Gasteiger partial charge is 0.132 e. The van der Waals surface area contributed by atoms with Gasteiger partial charge >= 0.3 is 0 Å². The van der Waals surface area contributed by atoms with Crippen molar-refractivity contribution in [3.05, 3.63) is 66.1 Å².